The van der Waals surface area contributed by atoms with Gasteiger partial charge in [0.05, 0.1) is 25.5 Å². The molecule has 2 bridgehead atoms. The number of aryl methyl sites for hydroxylation is 1. The average Bonchev–Trinajstić information content (AvgIpc) is 2.99. The van der Waals surface area contributed by atoms with Gasteiger partial charge in [0.1, 0.15) is 11.5 Å². The van der Waals surface area contributed by atoms with E-state index in [4.69, 9.17) is 9.47 Å². The van der Waals surface area contributed by atoms with Gasteiger partial charge in [0, 0.05) is 24.9 Å². The zero-order valence-corrected chi connectivity index (χ0v) is 13.8. The first-order valence-corrected chi connectivity index (χ1v) is 8.44. The van der Waals surface area contributed by atoms with Crippen molar-refractivity contribution in [1.29, 1.82) is 0 Å². The molecule has 2 aliphatic rings. The lowest BCUT2D eigenvalue weighted by Gasteiger charge is -2.22. The van der Waals surface area contributed by atoms with Crippen LogP contribution in [0.5, 0.6) is 5.88 Å². The summed E-state index contributed by atoms with van der Waals surface area (Å²) < 4.78 is 13.4. The van der Waals surface area contributed by atoms with Crippen molar-refractivity contribution in [2.24, 2.45) is 0 Å². The third-order valence-electron chi connectivity index (χ3n) is 4.28. The Bertz CT molecular complexity index is 711. The number of aromatic nitrogens is 4. The number of ether oxygens (including phenoxy) is 2. The van der Waals surface area contributed by atoms with Crippen molar-refractivity contribution < 1.29 is 9.47 Å². The van der Waals surface area contributed by atoms with Gasteiger partial charge in [-0.1, -0.05) is 0 Å². The van der Waals surface area contributed by atoms with Crippen LogP contribution in [0, 0.1) is 6.92 Å². The molecule has 2 N–H and O–H groups in total. The molecule has 24 heavy (non-hydrogen) atoms. The quantitative estimate of drug-likeness (QED) is 0.829. The van der Waals surface area contributed by atoms with E-state index in [0.717, 1.165) is 49.5 Å². The fourth-order valence-corrected chi connectivity index (χ4v) is 2.94. The normalized spacial score (nSPS) is 20.8. The van der Waals surface area contributed by atoms with Gasteiger partial charge in [-0.25, -0.2) is 4.98 Å². The summed E-state index contributed by atoms with van der Waals surface area (Å²) in [5, 5.41) is 11.2. The minimum atomic E-state index is 0.251. The predicted molar refractivity (Wildman–Crippen MR) is 90.0 cm³/mol. The molecule has 0 aliphatic carbocycles. The topological polar surface area (TPSA) is 86.1 Å². The van der Waals surface area contributed by atoms with Gasteiger partial charge in [-0.2, -0.15) is 4.98 Å². The molecular weight excluding hydrogens is 308 g/mol. The van der Waals surface area contributed by atoms with Crippen LogP contribution in [0.25, 0.3) is 0 Å². The van der Waals surface area contributed by atoms with Gasteiger partial charge in [-0.05, 0) is 26.2 Å². The molecule has 2 aliphatic heterocycles. The van der Waals surface area contributed by atoms with E-state index in [-0.39, 0.29) is 6.04 Å². The molecule has 4 rings (SSSR count). The molecule has 2 aromatic rings. The maximum atomic E-state index is 5.87. The maximum absolute atomic E-state index is 5.87. The van der Waals surface area contributed by atoms with E-state index in [0.29, 0.717) is 25.0 Å². The molecule has 2 aromatic heterocycles. The van der Waals surface area contributed by atoms with E-state index >= 15 is 0 Å². The van der Waals surface area contributed by atoms with Crippen LogP contribution in [0.1, 0.15) is 30.9 Å². The molecule has 0 spiro atoms. The smallest absolute Gasteiger partial charge is 0.256 e. The van der Waals surface area contributed by atoms with Crippen LogP contribution in [-0.2, 0) is 4.74 Å². The highest BCUT2D eigenvalue weighted by Gasteiger charge is 2.21. The summed E-state index contributed by atoms with van der Waals surface area (Å²) in [6, 6.07) is 0.251. The summed E-state index contributed by atoms with van der Waals surface area (Å²) in [5.74, 6) is 1.98. The number of nitrogens with one attached hydrogen (secondary N) is 2. The van der Waals surface area contributed by atoms with Crippen LogP contribution in [0.4, 0.5) is 17.5 Å². The summed E-state index contributed by atoms with van der Waals surface area (Å²) in [6.07, 6.45) is 6.77. The van der Waals surface area contributed by atoms with Crippen molar-refractivity contribution in [3.8, 4) is 5.88 Å². The Balaban J connectivity index is 1.64. The van der Waals surface area contributed by atoms with E-state index in [1.54, 1.807) is 0 Å². The minimum absolute atomic E-state index is 0.251. The standard InChI is InChI=1S/C16H22N6O2/c1-11-8-18-16-19-13-9-22(12-4-2-6-23-10-12)21-15(13)24-7-3-5-17-14(11)20-16/h8-9,12H,2-7,10H2,1H3,(H2,17,18,19,20). The summed E-state index contributed by atoms with van der Waals surface area (Å²) in [5.41, 5.74) is 1.81. The number of anilines is 3. The SMILES string of the molecule is Cc1cnc2nc1NCCCOc1nn(C3CCCOC3)cc1N2. The Morgan fingerprint density at radius 2 is 2.25 bits per heavy atom. The zero-order valence-electron chi connectivity index (χ0n) is 13.8. The summed E-state index contributed by atoms with van der Waals surface area (Å²) >= 11 is 0. The Morgan fingerprint density at radius 3 is 3.12 bits per heavy atom. The van der Waals surface area contributed by atoms with E-state index in [1.165, 1.54) is 0 Å². The van der Waals surface area contributed by atoms with E-state index in [9.17, 15) is 0 Å². The Hall–Kier alpha value is -2.35. The molecule has 1 unspecified atom stereocenters. The van der Waals surface area contributed by atoms with Gasteiger partial charge in [0.15, 0.2) is 0 Å². The van der Waals surface area contributed by atoms with Crippen molar-refractivity contribution in [3.63, 3.8) is 0 Å². The second-order valence-corrected chi connectivity index (χ2v) is 6.18. The molecule has 8 nitrogen and oxygen atoms in total. The molecule has 1 fully saturated rings. The highest BCUT2D eigenvalue weighted by Crippen LogP contribution is 2.30. The third-order valence-corrected chi connectivity index (χ3v) is 4.28. The van der Waals surface area contributed by atoms with Crippen molar-refractivity contribution in [1.82, 2.24) is 19.7 Å². The molecule has 128 valence electrons. The summed E-state index contributed by atoms with van der Waals surface area (Å²) in [7, 11) is 0. The van der Waals surface area contributed by atoms with Gasteiger partial charge < -0.3 is 20.1 Å². The van der Waals surface area contributed by atoms with E-state index in [2.05, 4.69) is 25.7 Å². The fourth-order valence-electron chi connectivity index (χ4n) is 2.94. The average molecular weight is 330 g/mol. The van der Waals surface area contributed by atoms with Crippen LogP contribution < -0.4 is 15.4 Å². The largest absolute Gasteiger partial charge is 0.475 e. The van der Waals surface area contributed by atoms with Crippen molar-refractivity contribution in [3.05, 3.63) is 18.0 Å². The second-order valence-electron chi connectivity index (χ2n) is 6.18. The maximum Gasteiger partial charge on any atom is 0.256 e. The number of rotatable bonds is 1. The van der Waals surface area contributed by atoms with Crippen LogP contribution in [0.3, 0.4) is 0 Å². The lowest BCUT2D eigenvalue weighted by Crippen LogP contribution is -2.21. The van der Waals surface area contributed by atoms with E-state index < -0.39 is 0 Å². The van der Waals surface area contributed by atoms with Crippen molar-refractivity contribution >= 4 is 17.5 Å². The number of fused-ring (bicyclic) bond motifs is 3. The summed E-state index contributed by atoms with van der Waals surface area (Å²) in [4.78, 5) is 8.90. The zero-order chi connectivity index (χ0) is 16.4. The molecule has 0 aromatic carbocycles. The monoisotopic (exact) mass is 330 g/mol. The Kier molecular flexibility index (Phi) is 4.20. The molecule has 4 heterocycles. The van der Waals surface area contributed by atoms with E-state index in [1.807, 2.05) is 24.0 Å². The molecule has 0 amide bonds. The Morgan fingerprint density at radius 1 is 1.29 bits per heavy atom. The first kappa shape index (κ1) is 15.2. The van der Waals surface area contributed by atoms with Crippen molar-refractivity contribution in [2.45, 2.75) is 32.2 Å². The lowest BCUT2D eigenvalue weighted by atomic mass is 10.1. The highest BCUT2D eigenvalue weighted by atomic mass is 16.5. The third kappa shape index (κ3) is 3.14. The minimum Gasteiger partial charge on any atom is -0.475 e. The van der Waals surface area contributed by atoms with Crippen molar-refractivity contribution in [2.75, 3.05) is 37.0 Å². The highest BCUT2D eigenvalue weighted by molar-refractivity contribution is 5.60. The van der Waals surface area contributed by atoms with Crippen LogP contribution in [0.2, 0.25) is 0 Å². The van der Waals surface area contributed by atoms with Gasteiger partial charge in [0.2, 0.25) is 5.95 Å². The number of nitrogens with zero attached hydrogens (tertiary/aromatic N) is 4. The van der Waals surface area contributed by atoms with Crippen LogP contribution >= 0.6 is 0 Å². The second kappa shape index (κ2) is 6.64. The van der Waals surface area contributed by atoms with Gasteiger partial charge in [-0.3, -0.25) is 4.68 Å². The van der Waals surface area contributed by atoms with Crippen LogP contribution in [0.15, 0.2) is 12.4 Å². The first-order chi connectivity index (χ1) is 11.8. The van der Waals surface area contributed by atoms with Gasteiger partial charge in [-0.15, -0.1) is 5.10 Å². The number of hydrogen-bond donors (Lipinski definition) is 2. The molecular formula is C16H22N6O2. The summed E-state index contributed by atoms with van der Waals surface area (Å²) in [6.45, 7) is 4.91. The first-order valence-electron chi connectivity index (χ1n) is 8.44. The Labute approximate surface area is 140 Å². The fraction of sp³-hybridized carbons (Fsp3) is 0.562. The molecule has 0 radical (unpaired) electrons. The molecule has 8 heteroatoms. The molecule has 0 saturated carbocycles. The van der Waals surface area contributed by atoms with Gasteiger partial charge >= 0.3 is 0 Å². The number of hydrogen-bond acceptors (Lipinski definition) is 7. The van der Waals surface area contributed by atoms with Crippen LogP contribution in [-0.4, -0.2) is 46.1 Å². The van der Waals surface area contributed by atoms with Gasteiger partial charge in [0.25, 0.3) is 5.88 Å². The predicted octanol–water partition coefficient (Wildman–Crippen LogP) is 2.27. The molecule has 1 saturated heterocycles. The lowest BCUT2D eigenvalue weighted by molar-refractivity contribution is 0.0544. The molecule has 1 atom stereocenters.